The fourth-order valence-electron chi connectivity index (χ4n) is 3.22. The SMILES string of the molecule is Cc1ccc(C(=O)NC(=S)Nc2ccc(-c3nc4cc(C)c(C)cc4o3)cc2)cc1C. The summed E-state index contributed by atoms with van der Waals surface area (Å²) in [6.45, 7) is 8.10. The van der Waals surface area contributed by atoms with Crippen molar-refractivity contribution in [2.24, 2.45) is 0 Å². The maximum Gasteiger partial charge on any atom is 0.257 e. The Hall–Kier alpha value is -3.51. The maximum atomic E-state index is 12.4. The topological polar surface area (TPSA) is 67.2 Å². The van der Waals surface area contributed by atoms with Crippen LogP contribution >= 0.6 is 12.2 Å². The van der Waals surface area contributed by atoms with Crippen LogP contribution in [0.1, 0.15) is 32.6 Å². The molecule has 6 heteroatoms. The average molecular weight is 430 g/mol. The lowest BCUT2D eigenvalue weighted by Crippen LogP contribution is -2.34. The minimum atomic E-state index is -0.241. The quantitative estimate of drug-likeness (QED) is 0.400. The highest BCUT2D eigenvalue weighted by atomic mass is 32.1. The van der Waals surface area contributed by atoms with Gasteiger partial charge in [0.05, 0.1) is 0 Å². The highest BCUT2D eigenvalue weighted by Crippen LogP contribution is 2.27. The molecule has 0 bridgehead atoms. The molecule has 0 radical (unpaired) electrons. The third kappa shape index (κ3) is 4.49. The van der Waals surface area contributed by atoms with E-state index < -0.39 is 0 Å². The van der Waals surface area contributed by atoms with Gasteiger partial charge in [-0.3, -0.25) is 10.1 Å². The van der Waals surface area contributed by atoms with Gasteiger partial charge in [-0.25, -0.2) is 4.98 Å². The van der Waals surface area contributed by atoms with Crippen molar-refractivity contribution in [3.05, 3.63) is 82.4 Å². The number of carbonyl (C=O) groups excluding carboxylic acids is 1. The molecular formula is C25H23N3O2S. The summed E-state index contributed by atoms with van der Waals surface area (Å²) in [5, 5.41) is 5.99. The fourth-order valence-corrected chi connectivity index (χ4v) is 3.43. The average Bonchev–Trinajstić information content (AvgIpc) is 3.13. The minimum absolute atomic E-state index is 0.240. The standard InChI is InChI=1S/C25H23N3O2S/c1-14-5-6-19(11-15(14)2)23(29)28-25(31)26-20-9-7-18(8-10-20)24-27-21-12-16(3)17(4)13-22(21)30-24/h5-13H,1-4H3,(H2,26,28,29,31). The van der Waals surface area contributed by atoms with Crippen LogP contribution < -0.4 is 10.6 Å². The first-order valence-corrected chi connectivity index (χ1v) is 10.4. The van der Waals surface area contributed by atoms with Crippen molar-refractivity contribution in [3.8, 4) is 11.5 Å². The molecule has 5 nitrogen and oxygen atoms in total. The number of thiocarbonyl (C=S) groups is 1. The zero-order valence-corrected chi connectivity index (χ0v) is 18.7. The van der Waals surface area contributed by atoms with E-state index in [1.165, 1.54) is 11.1 Å². The molecule has 0 spiro atoms. The van der Waals surface area contributed by atoms with Crippen LogP contribution in [0.2, 0.25) is 0 Å². The largest absolute Gasteiger partial charge is 0.436 e. The number of benzene rings is 3. The van der Waals surface area contributed by atoms with Gasteiger partial charge in [0.1, 0.15) is 5.52 Å². The molecule has 0 saturated heterocycles. The number of anilines is 1. The van der Waals surface area contributed by atoms with E-state index in [4.69, 9.17) is 16.6 Å². The summed E-state index contributed by atoms with van der Waals surface area (Å²) in [4.78, 5) is 17.0. The Labute approximate surface area is 186 Å². The third-order valence-electron chi connectivity index (χ3n) is 5.39. The van der Waals surface area contributed by atoms with Crippen molar-refractivity contribution in [1.29, 1.82) is 0 Å². The lowest BCUT2D eigenvalue weighted by Gasteiger charge is -2.10. The Morgan fingerprint density at radius 1 is 0.871 bits per heavy atom. The van der Waals surface area contributed by atoms with Crippen LogP contribution in [0.5, 0.6) is 0 Å². The van der Waals surface area contributed by atoms with E-state index in [2.05, 4.69) is 29.5 Å². The number of hydrogen-bond acceptors (Lipinski definition) is 4. The van der Waals surface area contributed by atoms with Crippen molar-refractivity contribution < 1.29 is 9.21 Å². The van der Waals surface area contributed by atoms with Crippen LogP contribution in [-0.4, -0.2) is 16.0 Å². The van der Waals surface area contributed by atoms with E-state index >= 15 is 0 Å². The van der Waals surface area contributed by atoms with E-state index in [1.807, 2.05) is 62.4 Å². The van der Waals surface area contributed by atoms with Crippen LogP contribution in [0.15, 0.2) is 59.0 Å². The van der Waals surface area contributed by atoms with Gasteiger partial charge in [-0.1, -0.05) is 6.07 Å². The summed E-state index contributed by atoms with van der Waals surface area (Å²) >= 11 is 5.29. The van der Waals surface area contributed by atoms with Gasteiger partial charge in [0.15, 0.2) is 10.7 Å². The molecule has 0 aliphatic rings. The Morgan fingerprint density at radius 3 is 2.26 bits per heavy atom. The predicted octanol–water partition coefficient (Wildman–Crippen LogP) is 5.86. The monoisotopic (exact) mass is 429 g/mol. The Balaban J connectivity index is 1.44. The molecule has 4 rings (SSSR count). The molecule has 1 heterocycles. The second-order valence-corrected chi connectivity index (χ2v) is 8.12. The van der Waals surface area contributed by atoms with Gasteiger partial charge >= 0.3 is 0 Å². The second kappa shape index (κ2) is 8.32. The summed E-state index contributed by atoms with van der Waals surface area (Å²) in [6.07, 6.45) is 0. The van der Waals surface area contributed by atoms with Crippen molar-refractivity contribution in [2.45, 2.75) is 27.7 Å². The first-order chi connectivity index (χ1) is 14.8. The maximum absolute atomic E-state index is 12.4. The Morgan fingerprint density at radius 2 is 1.55 bits per heavy atom. The van der Waals surface area contributed by atoms with Crippen LogP contribution in [0.25, 0.3) is 22.6 Å². The number of carbonyl (C=O) groups is 1. The number of aromatic nitrogens is 1. The van der Waals surface area contributed by atoms with Crippen molar-refractivity contribution >= 4 is 40.0 Å². The van der Waals surface area contributed by atoms with Crippen LogP contribution in [0.4, 0.5) is 5.69 Å². The highest BCUT2D eigenvalue weighted by molar-refractivity contribution is 7.80. The zero-order valence-electron chi connectivity index (χ0n) is 17.9. The number of amides is 1. The van der Waals surface area contributed by atoms with Crippen molar-refractivity contribution in [2.75, 3.05) is 5.32 Å². The molecular weight excluding hydrogens is 406 g/mol. The molecule has 3 aromatic carbocycles. The summed E-state index contributed by atoms with van der Waals surface area (Å²) in [6, 6.07) is 17.2. The lowest BCUT2D eigenvalue weighted by atomic mass is 10.1. The first kappa shape index (κ1) is 20.8. The number of hydrogen-bond donors (Lipinski definition) is 2. The molecule has 0 aliphatic heterocycles. The Kier molecular flexibility index (Phi) is 5.57. The van der Waals surface area contributed by atoms with Crippen molar-refractivity contribution in [1.82, 2.24) is 10.3 Å². The third-order valence-corrected chi connectivity index (χ3v) is 5.59. The van der Waals surface area contributed by atoms with Gasteiger partial charge in [-0.05, 0) is 111 Å². The lowest BCUT2D eigenvalue weighted by molar-refractivity contribution is 0.0977. The fraction of sp³-hybridized carbons (Fsp3) is 0.160. The van der Waals surface area contributed by atoms with Gasteiger partial charge in [0.2, 0.25) is 5.89 Å². The molecule has 0 unspecified atom stereocenters. The number of oxazole rings is 1. The minimum Gasteiger partial charge on any atom is -0.436 e. The van der Waals surface area contributed by atoms with E-state index in [9.17, 15) is 4.79 Å². The van der Waals surface area contributed by atoms with Gasteiger partial charge in [-0.15, -0.1) is 0 Å². The summed E-state index contributed by atoms with van der Waals surface area (Å²) in [7, 11) is 0. The van der Waals surface area contributed by atoms with Crippen LogP contribution in [-0.2, 0) is 0 Å². The molecule has 2 N–H and O–H groups in total. The smallest absolute Gasteiger partial charge is 0.257 e. The number of fused-ring (bicyclic) bond motifs is 1. The molecule has 1 amide bonds. The molecule has 1 aromatic heterocycles. The normalized spacial score (nSPS) is 10.8. The van der Waals surface area contributed by atoms with E-state index in [1.54, 1.807) is 6.07 Å². The summed E-state index contributed by atoms with van der Waals surface area (Å²) in [5.74, 6) is 0.325. The number of nitrogens with one attached hydrogen (secondary N) is 2. The van der Waals surface area contributed by atoms with Crippen LogP contribution in [0.3, 0.4) is 0 Å². The van der Waals surface area contributed by atoms with E-state index in [0.717, 1.165) is 33.5 Å². The molecule has 0 saturated carbocycles. The zero-order chi connectivity index (χ0) is 22.1. The van der Waals surface area contributed by atoms with E-state index in [-0.39, 0.29) is 11.0 Å². The molecule has 0 fully saturated rings. The second-order valence-electron chi connectivity index (χ2n) is 7.71. The molecule has 156 valence electrons. The van der Waals surface area contributed by atoms with E-state index in [0.29, 0.717) is 11.5 Å². The molecule has 0 aliphatic carbocycles. The summed E-state index contributed by atoms with van der Waals surface area (Å²) < 4.78 is 5.92. The molecule has 4 aromatic rings. The Bertz CT molecular complexity index is 1270. The number of rotatable bonds is 3. The van der Waals surface area contributed by atoms with Gasteiger partial charge < -0.3 is 9.73 Å². The first-order valence-electron chi connectivity index (χ1n) is 9.98. The number of nitrogens with zero attached hydrogens (tertiary/aromatic N) is 1. The van der Waals surface area contributed by atoms with Crippen LogP contribution in [0, 0.1) is 27.7 Å². The van der Waals surface area contributed by atoms with Gasteiger partial charge in [0.25, 0.3) is 5.91 Å². The summed E-state index contributed by atoms with van der Waals surface area (Å²) in [5.41, 5.74) is 8.37. The van der Waals surface area contributed by atoms with Crippen molar-refractivity contribution in [3.63, 3.8) is 0 Å². The van der Waals surface area contributed by atoms with Gasteiger partial charge in [0, 0.05) is 16.8 Å². The molecule has 31 heavy (non-hydrogen) atoms. The van der Waals surface area contributed by atoms with Gasteiger partial charge in [-0.2, -0.15) is 0 Å². The predicted molar refractivity (Wildman–Crippen MR) is 129 cm³/mol. The highest BCUT2D eigenvalue weighted by Gasteiger charge is 2.11. The molecule has 0 atom stereocenters. The number of aryl methyl sites for hydroxylation is 4.